The molecule has 0 radical (unpaired) electrons. The van der Waals surface area contributed by atoms with Gasteiger partial charge in [-0.05, 0) is 63.4 Å². The van der Waals surface area contributed by atoms with E-state index in [0.29, 0.717) is 0 Å². The summed E-state index contributed by atoms with van der Waals surface area (Å²) >= 11 is 0. The van der Waals surface area contributed by atoms with Crippen molar-refractivity contribution in [2.45, 2.75) is 52.9 Å². The van der Waals surface area contributed by atoms with Crippen molar-refractivity contribution in [1.82, 2.24) is 5.32 Å². The highest BCUT2D eigenvalue weighted by atomic mass is 16.5. The van der Waals surface area contributed by atoms with Crippen molar-refractivity contribution in [3.63, 3.8) is 0 Å². The molecule has 1 N–H and O–H groups in total. The first-order valence-corrected chi connectivity index (χ1v) is 7.65. The largest absolute Gasteiger partial charge is 0.493 e. The van der Waals surface area contributed by atoms with Gasteiger partial charge in [0.25, 0.3) is 0 Å². The molecule has 0 amide bonds. The summed E-state index contributed by atoms with van der Waals surface area (Å²) in [5, 5.41) is 3.43. The molecule has 0 unspecified atom stereocenters. The number of ether oxygens (including phenoxy) is 1. The van der Waals surface area contributed by atoms with Gasteiger partial charge in [-0.2, -0.15) is 0 Å². The standard InChI is InChI=1S/C17H29NO/c1-4-12-18-13-7-5-6-8-14-19-17-11-9-10-15(2)16(17)3/h9-11,18H,4-8,12-14H2,1-3H3. The van der Waals surface area contributed by atoms with Crippen LogP contribution in [0.15, 0.2) is 18.2 Å². The van der Waals surface area contributed by atoms with Gasteiger partial charge in [0.2, 0.25) is 0 Å². The fourth-order valence-corrected chi connectivity index (χ4v) is 2.07. The van der Waals surface area contributed by atoms with Gasteiger partial charge in [-0.25, -0.2) is 0 Å². The Bertz CT molecular complexity index is 349. The highest BCUT2D eigenvalue weighted by Crippen LogP contribution is 2.20. The van der Waals surface area contributed by atoms with Crippen LogP contribution in [-0.4, -0.2) is 19.7 Å². The van der Waals surface area contributed by atoms with Gasteiger partial charge in [0, 0.05) is 0 Å². The minimum atomic E-state index is 0.840. The number of hydrogen-bond donors (Lipinski definition) is 1. The molecule has 0 spiro atoms. The summed E-state index contributed by atoms with van der Waals surface area (Å²) in [6.45, 7) is 9.61. The first-order chi connectivity index (χ1) is 9.25. The normalized spacial score (nSPS) is 10.7. The lowest BCUT2D eigenvalue weighted by Gasteiger charge is -2.10. The smallest absolute Gasteiger partial charge is 0.122 e. The summed E-state index contributed by atoms with van der Waals surface area (Å²) in [5.74, 6) is 1.05. The van der Waals surface area contributed by atoms with Crippen LogP contribution >= 0.6 is 0 Å². The molecular weight excluding hydrogens is 234 g/mol. The zero-order valence-corrected chi connectivity index (χ0v) is 12.8. The third-order valence-corrected chi connectivity index (χ3v) is 3.49. The maximum atomic E-state index is 5.85. The number of nitrogens with one attached hydrogen (secondary N) is 1. The van der Waals surface area contributed by atoms with E-state index >= 15 is 0 Å². The van der Waals surface area contributed by atoms with Crippen molar-refractivity contribution in [2.75, 3.05) is 19.7 Å². The van der Waals surface area contributed by atoms with Crippen LogP contribution in [0.25, 0.3) is 0 Å². The average Bonchev–Trinajstić information content (AvgIpc) is 2.41. The van der Waals surface area contributed by atoms with Crippen molar-refractivity contribution < 1.29 is 4.74 Å². The van der Waals surface area contributed by atoms with Crippen LogP contribution in [0.4, 0.5) is 0 Å². The number of aryl methyl sites for hydroxylation is 1. The van der Waals surface area contributed by atoms with Crippen molar-refractivity contribution in [2.24, 2.45) is 0 Å². The predicted octanol–water partition coefficient (Wildman–Crippen LogP) is 4.24. The van der Waals surface area contributed by atoms with Crippen LogP contribution in [-0.2, 0) is 0 Å². The molecule has 2 nitrogen and oxygen atoms in total. The Kier molecular flexibility index (Phi) is 8.31. The van der Waals surface area contributed by atoms with Crippen molar-refractivity contribution >= 4 is 0 Å². The van der Waals surface area contributed by atoms with Gasteiger partial charge >= 0.3 is 0 Å². The third kappa shape index (κ3) is 6.63. The molecule has 1 rings (SSSR count). The molecule has 1 aromatic carbocycles. The van der Waals surface area contributed by atoms with E-state index in [2.05, 4.69) is 44.3 Å². The Morgan fingerprint density at radius 3 is 2.58 bits per heavy atom. The molecule has 0 aromatic heterocycles. The molecule has 108 valence electrons. The summed E-state index contributed by atoms with van der Waals surface area (Å²) < 4.78 is 5.85. The monoisotopic (exact) mass is 263 g/mol. The molecule has 0 aliphatic rings. The number of benzene rings is 1. The second-order valence-electron chi connectivity index (χ2n) is 5.21. The summed E-state index contributed by atoms with van der Waals surface area (Å²) in [6, 6.07) is 6.26. The first kappa shape index (κ1) is 16.0. The zero-order valence-electron chi connectivity index (χ0n) is 12.8. The van der Waals surface area contributed by atoms with E-state index in [1.54, 1.807) is 0 Å². The molecule has 0 atom stereocenters. The first-order valence-electron chi connectivity index (χ1n) is 7.65. The quantitative estimate of drug-likeness (QED) is 0.637. The fraction of sp³-hybridized carbons (Fsp3) is 0.647. The molecule has 0 aliphatic carbocycles. The van der Waals surface area contributed by atoms with E-state index in [9.17, 15) is 0 Å². The zero-order chi connectivity index (χ0) is 13.9. The van der Waals surface area contributed by atoms with E-state index in [4.69, 9.17) is 4.74 Å². The minimum absolute atomic E-state index is 0.840. The van der Waals surface area contributed by atoms with Gasteiger partial charge in [0.05, 0.1) is 6.61 Å². The van der Waals surface area contributed by atoms with Gasteiger partial charge in [0.1, 0.15) is 5.75 Å². The molecule has 0 aliphatic heterocycles. The second-order valence-corrected chi connectivity index (χ2v) is 5.21. The Labute approximate surface area is 118 Å². The lowest BCUT2D eigenvalue weighted by Crippen LogP contribution is -2.15. The SMILES string of the molecule is CCCNCCCCCCOc1cccc(C)c1C. The lowest BCUT2D eigenvalue weighted by atomic mass is 10.1. The molecule has 0 heterocycles. The van der Waals surface area contributed by atoms with E-state index in [0.717, 1.165) is 31.9 Å². The number of unbranched alkanes of at least 4 members (excludes halogenated alkanes) is 3. The topological polar surface area (TPSA) is 21.3 Å². The summed E-state index contributed by atoms with van der Waals surface area (Å²) in [6.07, 6.45) is 6.22. The highest BCUT2D eigenvalue weighted by molar-refractivity contribution is 5.38. The van der Waals surface area contributed by atoms with Crippen molar-refractivity contribution in [3.05, 3.63) is 29.3 Å². The van der Waals surface area contributed by atoms with E-state index in [-0.39, 0.29) is 0 Å². The van der Waals surface area contributed by atoms with Gasteiger partial charge in [-0.3, -0.25) is 0 Å². The molecule has 2 heteroatoms. The maximum absolute atomic E-state index is 5.85. The average molecular weight is 263 g/mol. The van der Waals surface area contributed by atoms with Crippen molar-refractivity contribution in [1.29, 1.82) is 0 Å². The molecule has 0 bridgehead atoms. The Morgan fingerprint density at radius 1 is 1.00 bits per heavy atom. The molecule has 19 heavy (non-hydrogen) atoms. The fourth-order valence-electron chi connectivity index (χ4n) is 2.07. The molecule has 1 aromatic rings. The molecule has 0 saturated heterocycles. The van der Waals surface area contributed by atoms with Gasteiger partial charge in [-0.15, -0.1) is 0 Å². The Hall–Kier alpha value is -1.02. The van der Waals surface area contributed by atoms with Gasteiger partial charge < -0.3 is 10.1 Å². The minimum Gasteiger partial charge on any atom is -0.493 e. The van der Waals surface area contributed by atoms with Crippen LogP contribution in [0.5, 0.6) is 5.75 Å². The predicted molar refractivity (Wildman–Crippen MR) is 83.0 cm³/mol. The van der Waals surface area contributed by atoms with E-state index < -0.39 is 0 Å². The lowest BCUT2D eigenvalue weighted by molar-refractivity contribution is 0.302. The number of hydrogen-bond acceptors (Lipinski definition) is 2. The Morgan fingerprint density at radius 2 is 1.79 bits per heavy atom. The summed E-state index contributed by atoms with van der Waals surface area (Å²) in [4.78, 5) is 0. The summed E-state index contributed by atoms with van der Waals surface area (Å²) in [5.41, 5.74) is 2.57. The van der Waals surface area contributed by atoms with Crippen molar-refractivity contribution in [3.8, 4) is 5.75 Å². The molecule has 0 saturated carbocycles. The van der Waals surface area contributed by atoms with E-state index in [1.165, 1.54) is 36.8 Å². The summed E-state index contributed by atoms with van der Waals surface area (Å²) in [7, 11) is 0. The second kappa shape index (κ2) is 9.85. The molecule has 0 fully saturated rings. The Balaban J connectivity index is 2.03. The maximum Gasteiger partial charge on any atom is 0.122 e. The van der Waals surface area contributed by atoms with Gasteiger partial charge in [-0.1, -0.05) is 31.9 Å². The molecular formula is C17H29NO. The van der Waals surface area contributed by atoms with Crippen LogP contribution in [0.1, 0.15) is 50.2 Å². The van der Waals surface area contributed by atoms with Crippen LogP contribution in [0.3, 0.4) is 0 Å². The van der Waals surface area contributed by atoms with Gasteiger partial charge in [0.15, 0.2) is 0 Å². The third-order valence-electron chi connectivity index (χ3n) is 3.49. The van der Waals surface area contributed by atoms with Crippen LogP contribution in [0, 0.1) is 13.8 Å². The number of rotatable bonds is 10. The van der Waals surface area contributed by atoms with E-state index in [1.807, 2.05) is 0 Å². The van der Waals surface area contributed by atoms with Crippen LogP contribution < -0.4 is 10.1 Å². The highest BCUT2D eigenvalue weighted by Gasteiger charge is 2.00. The van der Waals surface area contributed by atoms with Crippen LogP contribution in [0.2, 0.25) is 0 Å².